The minimum Gasteiger partial charge on any atom is -0.478 e. The molecule has 0 amide bonds. The van der Waals surface area contributed by atoms with E-state index in [-0.39, 0.29) is 16.1 Å². The molecule has 0 radical (unpaired) electrons. The van der Waals surface area contributed by atoms with E-state index >= 15 is 0 Å². The first kappa shape index (κ1) is 23.6. The van der Waals surface area contributed by atoms with Crippen LogP contribution in [0.3, 0.4) is 0 Å². The van der Waals surface area contributed by atoms with Gasteiger partial charge < -0.3 is 14.9 Å². The van der Waals surface area contributed by atoms with Gasteiger partial charge in [-0.25, -0.2) is 13.2 Å². The van der Waals surface area contributed by atoms with Gasteiger partial charge in [-0.15, -0.1) is 0 Å². The van der Waals surface area contributed by atoms with E-state index in [9.17, 15) is 18.3 Å². The lowest BCUT2D eigenvalue weighted by atomic mass is 9.99. The number of nitrogens with one attached hydrogen (secondary N) is 1. The van der Waals surface area contributed by atoms with E-state index in [0.717, 1.165) is 42.7 Å². The summed E-state index contributed by atoms with van der Waals surface area (Å²) in [7, 11) is -3.90. The number of sulfonamides is 1. The van der Waals surface area contributed by atoms with Gasteiger partial charge in [0.25, 0.3) is 10.0 Å². The maximum atomic E-state index is 12.9. The predicted molar refractivity (Wildman–Crippen MR) is 131 cm³/mol. The number of aromatic carboxylic acids is 1. The molecule has 7 nitrogen and oxygen atoms in total. The molecule has 2 heterocycles. The smallest absolute Gasteiger partial charge is 0.337 e. The fourth-order valence-electron chi connectivity index (χ4n) is 4.85. The van der Waals surface area contributed by atoms with Crippen LogP contribution < -0.4 is 9.62 Å². The van der Waals surface area contributed by atoms with Crippen molar-refractivity contribution in [3.63, 3.8) is 0 Å². The van der Waals surface area contributed by atoms with Gasteiger partial charge in [0, 0.05) is 24.8 Å². The van der Waals surface area contributed by atoms with E-state index in [1.807, 2.05) is 19.9 Å². The standard InChI is InChI=1S/C25H33N3O4S/c1-18-6-8-22(16-19(18)2)33(31,32)26-24-9-7-21(17-23(24)25(29)30)28-14-10-20(11-15-28)27-12-4-3-5-13-27/h6-9,16-17,20,26H,3-5,10-15H2,1-2H3,(H,29,30). The van der Waals surface area contributed by atoms with Crippen LogP contribution in [0, 0.1) is 13.8 Å². The number of likely N-dealkylation sites (tertiary alicyclic amines) is 1. The number of hydrogen-bond donors (Lipinski definition) is 2. The average Bonchev–Trinajstić information content (AvgIpc) is 2.81. The summed E-state index contributed by atoms with van der Waals surface area (Å²) in [6, 6.07) is 10.4. The van der Waals surface area contributed by atoms with Gasteiger partial charge in [0.2, 0.25) is 0 Å². The second kappa shape index (κ2) is 9.73. The quantitative estimate of drug-likeness (QED) is 0.654. The van der Waals surface area contributed by atoms with E-state index in [2.05, 4.69) is 14.5 Å². The van der Waals surface area contributed by atoms with Crippen LogP contribution in [-0.2, 0) is 10.0 Å². The van der Waals surface area contributed by atoms with Gasteiger partial charge >= 0.3 is 5.97 Å². The van der Waals surface area contributed by atoms with Crippen LogP contribution in [0.2, 0.25) is 0 Å². The van der Waals surface area contributed by atoms with Gasteiger partial charge in [-0.05, 0) is 94.1 Å². The molecular weight excluding hydrogens is 438 g/mol. The third-order valence-corrected chi connectivity index (χ3v) is 8.37. The molecule has 2 N–H and O–H groups in total. The fraction of sp³-hybridized carbons (Fsp3) is 0.480. The van der Waals surface area contributed by atoms with E-state index in [0.29, 0.717) is 6.04 Å². The lowest BCUT2D eigenvalue weighted by Crippen LogP contribution is -2.46. The van der Waals surface area contributed by atoms with Crippen molar-refractivity contribution in [1.29, 1.82) is 0 Å². The van der Waals surface area contributed by atoms with Crippen molar-refractivity contribution in [2.24, 2.45) is 0 Å². The molecule has 8 heteroatoms. The molecule has 2 aliphatic rings. The van der Waals surface area contributed by atoms with Crippen LogP contribution in [0.4, 0.5) is 11.4 Å². The first-order chi connectivity index (χ1) is 15.7. The SMILES string of the molecule is Cc1ccc(S(=O)(=O)Nc2ccc(N3CCC(N4CCCCC4)CC3)cc2C(=O)O)cc1C. The van der Waals surface area contributed by atoms with Gasteiger partial charge in [-0.2, -0.15) is 0 Å². The van der Waals surface area contributed by atoms with Gasteiger partial charge in [0.15, 0.2) is 0 Å². The Morgan fingerprint density at radius 3 is 2.27 bits per heavy atom. The van der Waals surface area contributed by atoms with Crippen molar-refractivity contribution in [2.75, 3.05) is 35.8 Å². The van der Waals surface area contributed by atoms with Crippen molar-refractivity contribution in [1.82, 2.24) is 4.90 Å². The molecular formula is C25H33N3O4S. The zero-order chi connectivity index (χ0) is 23.6. The van der Waals surface area contributed by atoms with Crippen LogP contribution >= 0.6 is 0 Å². The second-order valence-corrected chi connectivity index (χ2v) is 10.9. The predicted octanol–water partition coefficient (Wildman–Crippen LogP) is 4.26. The number of aryl methyl sites for hydroxylation is 2. The number of hydrogen-bond acceptors (Lipinski definition) is 5. The summed E-state index contributed by atoms with van der Waals surface area (Å²) in [5.74, 6) is -1.15. The number of rotatable bonds is 6. The molecule has 2 saturated heterocycles. The number of piperidine rings is 2. The number of benzene rings is 2. The summed E-state index contributed by atoms with van der Waals surface area (Å²) < 4.78 is 28.3. The number of carboxylic acids is 1. The Labute approximate surface area is 196 Å². The zero-order valence-electron chi connectivity index (χ0n) is 19.4. The Bertz CT molecular complexity index is 1120. The maximum Gasteiger partial charge on any atom is 0.337 e. The zero-order valence-corrected chi connectivity index (χ0v) is 20.2. The first-order valence-electron chi connectivity index (χ1n) is 11.7. The highest BCUT2D eigenvalue weighted by Gasteiger charge is 2.27. The molecule has 33 heavy (non-hydrogen) atoms. The van der Waals surface area contributed by atoms with Crippen LogP contribution in [0.15, 0.2) is 41.3 Å². The Morgan fingerprint density at radius 2 is 1.64 bits per heavy atom. The van der Waals surface area contributed by atoms with Crippen LogP contribution in [-0.4, -0.2) is 56.6 Å². The van der Waals surface area contributed by atoms with Crippen LogP contribution in [0.5, 0.6) is 0 Å². The monoisotopic (exact) mass is 471 g/mol. The van der Waals surface area contributed by atoms with Crippen molar-refractivity contribution in [2.45, 2.75) is 56.9 Å². The summed E-state index contributed by atoms with van der Waals surface area (Å²) >= 11 is 0. The summed E-state index contributed by atoms with van der Waals surface area (Å²) in [5.41, 5.74) is 2.71. The van der Waals surface area contributed by atoms with Gasteiger partial charge in [-0.1, -0.05) is 12.5 Å². The normalized spacial score (nSPS) is 18.3. The maximum absolute atomic E-state index is 12.9. The second-order valence-electron chi connectivity index (χ2n) is 9.20. The molecule has 2 fully saturated rings. The number of anilines is 2. The molecule has 2 aliphatic heterocycles. The van der Waals surface area contributed by atoms with Crippen molar-refractivity contribution >= 4 is 27.4 Å². The van der Waals surface area contributed by atoms with Crippen molar-refractivity contribution < 1.29 is 18.3 Å². The molecule has 0 aromatic heterocycles. The molecule has 0 unspecified atom stereocenters. The summed E-state index contributed by atoms with van der Waals surface area (Å²) in [6.07, 6.45) is 6.00. The van der Waals surface area contributed by atoms with Crippen molar-refractivity contribution in [3.05, 3.63) is 53.1 Å². The Morgan fingerprint density at radius 1 is 0.939 bits per heavy atom. The summed E-state index contributed by atoms with van der Waals surface area (Å²) in [4.78, 5) is 16.9. The minimum absolute atomic E-state index is 0.0435. The Balaban J connectivity index is 1.50. The van der Waals surface area contributed by atoms with Crippen LogP contribution in [0.25, 0.3) is 0 Å². The molecule has 0 bridgehead atoms. The summed E-state index contributed by atoms with van der Waals surface area (Å²) in [6.45, 7) is 7.87. The topological polar surface area (TPSA) is 90.0 Å². The summed E-state index contributed by atoms with van der Waals surface area (Å²) in [5, 5.41) is 9.79. The molecule has 4 rings (SSSR count). The Hall–Kier alpha value is -2.58. The molecule has 178 valence electrons. The lowest BCUT2D eigenvalue weighted by molar-refractivity contribution is 0.0698. The van der Waals surface area contributed by atoms with Crippen molar-refractivity contribution in [3.8, 4) is 0 Å². The fourth-order valence-corrected chi connectivity index (χ4v) is 6.02. The molecule has 0 saturated carbocycles. The van der Waals surface area contributed by atoms with Crippen LogP contribution in [0.1, 0.15) is 53.6 Å². The molecule has 2 aromatic carbocycles. The average molecular weight is 472 g/mol. The number of carboxylic acid groups (broad SMARTS) is 1. The number of carbonyl (C=O) groups is 1. The van der Waals surface area contributed by atoms with Gasteiger partial charge in [-0.3, -0.25) is 4.72 Å². The highest BCUT2D eigenvalue weighted by atomic mass is 32.2. The highest BCUT2D eigenvalue weighted by molar-refractivity contribution is 7.92. The largest absolute Gasteiger partial charge is 0.478 e. The van der Waals surface area contributed by atoms with E-state index in [1.165, 1.54) is 38.4 Å². The van der Waals surface area contributed by atoms with Gasteiger partial charge in [0.05, 0.1) is 16.1 Å². The minimum atomic E-state index is -3.90. The molecule has 0 spiro atoms. The third kappa shape index (κ3) is 5.33. The van der Waals surface area contributed by atoms with E-state index < -0.39 is 16.0 Å². The number of nitrogens with zero attached hydrogens (tertiary/aromatic N) is 2. The Kier molecular flexibility index (Phi) is 6.95. The third-order valence-electron chi connectivity index (χ3n) is 7.00. The van der Waals surface area contributed by atoms with E-state index in [1.54, 1.807) is 24.3 Å². The molecule has 2 aromatic rings. The highest BCUT2D eigenvalue weighted by Crippen LogP contribution is 2.29. The lowest BCUT2D eigenvalue weighted by Gasteiger charge is -2.41. The van der Waals surface area contributed by atoms with Gasteiger partial charge in [0.1, 0.15) is 0 Å². The molecule has 0 atom stereocenters. The molecule has 0 aliphatic carbocycles. The van der Waals surface area contributed by atoms with E-state index in [4.69, 9.17) is 0 Å². The first-order valence-corrected chi connectivity index (χ1v) is 13.2.